The molecule has 21 heavy (non-hydrogen) atoms. The Morgan fingerprint density at radius 3 is 2.67 bits per heavy atom. The number of carbonyl (C=O) groups excluding carboxylic acids is 1. The first-order chi connectivity index (χ1) is 9.74. The van der Waals surface area contributed by atoms with Crippen molar-refractivity contribution >= 4 is 5.91 Å². The van der Waals surface area contributed by atoms with Gasteiger partial charge in [-0.3, -0.25) is 4.79 Å². The SMILES string of the molecule is Cc1cccc([C@H]2CC[C@H]3CC(C)(C(C)(F)F)C(=O)N32)c1. The van der Waals surface area contributed by atoms with E-state index in [2.05, 4.69) is 6.07 Å². The van der Waals surface area contributed by atoms with Crippen LogP contribution in [0.25, 0.3) is 0 Å². The van der Waals surface area contributed by atoms with Crippen molar-refractivity contribution in [3.05, 3.63) is 35.4 Å². The van der Waals surface area contributed by atoms with Crippen molar-refractivity contribution in [1.82, 2.24) is 4.90 Å². The minimum atomic E-state index is -2.98. The number of hydrogen-bond acceptors (Lipinski definition) is 1. The molecule has 0 spiro atoms. The fourth-order valence-electron chi connectivity index (χ4n) is 3.81. The normalized spacial score (nSPS) is 32.6. The van der Waals surface area contributed by atoms with Gasteiger partial charge in [0.15, 0.2) is 0 Å². The number of alkyl halides is 2. The van der Waals surface area contributed by atoms with Gasteiger partial charge in [-0.1, -0.05) is 29.8 Å². The van der Waals surface area contributed by atoms with Gasteiger partial charge < -0.3 is 4.90 Å². The first-order valence-corrected chi connectivity index (χ1v) is 7.51. The zero-order valence-electron chi connectivity index (χ0n) is 12.7. The van der Waals surface area contributed by atoms with E-state index in [-0.39, 0.29) is 24.4 Å². The van der Waals surface area contributed by atoms with Gasteiger partial charge >= 0.3 is 0 Å². The summed E-state index contributed by atoms with van der Waals surface area (Å²) in [5, 5.41) is 0. The fourth-order valence-corrected chi connectivity index (χ4v) is 3.81. The van der Waals surface area contributed by atoms with Crippen LogP contribution in [0.15, 0.2) is 24.3 Å². The largest absolute Gasteiger partial charge is 0.332 e. The summed E-state index contributed by atoms with van der Waals surface area (Å²) in [5.41, 5.74) is 0.640. The summed E-state index contributed by atoms with van der Waals surface area (Å²) in [4.78, 5) is 14.4. The Labute approximate surface area is 124 Å². The Balaban J connectivity index is 1.95. The van der Waals surface area contributed by atoms with E-state index in [4.69, 9.17) is 0 Å². The Morgan fingerprint density at radius 1 is 1.33 bits per heavy atom. The molecule has 2 fully saturated rings. The van der Waals surface area contributed by atoms with E-state index < -0.39 is 11.3 Å². The zero-order chi connectivity index (χ0) is 15.4. The van der Waals surface area contributed by atoms with Crippen molar-refractivity contribution in [3.63, 3.8) is 0 Å². The van der Waals surface area contributed by atoms with E-state index in [1.807, 2.05) is 25.1 Å². The minimum absolute atomic E-state index is 0.0427. The van der Waals surface area contributed by atoms with Crippen LogP contribution >= 0.6 is 0 Å². The van der Waals surface area contributed by atoms with Crippen LogP contribution in [0.4, 0.5) is 8.78 Å². The van der Waals surface area contributed by atoms with Crippen LogP contribution in [0.1, 0.15) is 50.3 Å². The van der Waals surface area contributed by atoms with Crippen molar-refractivity contribution in [1.29, 1.82) is 0 Å². The molecule has 1 aromatic carbocycles. The molecule has 2 aliphatic rings. The topological polar surface area (TPSA) is 20.3 Å². The maximum atomic E-state index is 13.9. The van der Waals surface area contributed by atoms with E-state index in [0.717, 1.165) is 30.9 Å². The summed E-state index contributed by atoms with van der Waals surface area (Å²) in [7, 11) is 0. The number of halogens is 2. The van der Waals surface area contributed by atoms with Crippen LogP contribution in [0.3, 0.4) is 0 Å². The summed E-state index contributed by atoms with van der Waals surface area (Å²) in [6.07, 6.45) is 1.94. The van der Waals surface area contributed by atoms with Crippen molar-refractivity contribution in [3.8, 4) is 0 Å². The molecular formula is C17H21F2NO. The van der Waals surface area contributed by atoms with Gasteiger partial charge in [0.1, 0.15) is 5.41 Å². The first kappa shape index (κ1) is 14.5. The molecule has 1 unspecified atom stereocenters. The van der Waals surface area contributed by atoms with Crippen LogP contribution in [0.5, 0.6) is 0 Å². The molecule has 3 atom stereocenters. The Bertz CT molecular complexity index is 580. The average Bonchev–Trinajstić information content (AvgIpc) is 2.89. The molecular weight excluding hydrogens is 272 g/mol. The van der Waals surface area contributed by atoms with E-state index in [0.29, 0.717) is 0 Å². The maximum absolute atomic E-state index is 13.9. The van der Waals surface area contributed by atoms with Crippen molar-refractivity contribution in [2.24, 2.45) is 5.41 Å². The first-order valence-electron chi connectivity index (χ1n) is 7.51. The average molecular weight is 293 g/mol. The molecule has 1 amide bonds. The molecule has 114 valence electrons. The number of rotatable bonds is 2. The maximum Gasteiger partial charge on any atom is 0.259 e. The molecule has 0 N–H and O–H groups in total. The smallest absolute Gasteiger partial charge is 0.259 e. The molecule has 2 nitrogen and oxygen atoms in total. The predicted octanol–water partition coefficient (Wildman–Crippen LogP) is 4.09. The number of nitrogens with zero attached hydrogens (tertiary/aromatic N) is 1. The second kappa shape index (κ2) is 4.52. The highest BCUT2D eigenvalue weighted by molar-refractivity contribution is 5.87. The third kappa shape index (κ3) is 2.07. The Kier molecular flexibility index (Phi) is 3.12. The number of carbonyl (C=O) groups is 1. The molecule has 0 bridgehead atoms. The molecule has 4 heteroatoms. The van der Waals surface area contributed by atoms with Crippen molar-refractivity contribution < 1.29 is 13.6 Å². The molecule has 0 aliphatic carbocycles. The van der Waals surface area contributed by atoms with E-state index in [1.54, 1.807) is 4.90 Å². The fraction of sp³-hybridized carbons (Fsp3) is 0.588. The highest BCUT2D eigenvalue weighted by Gasteiger charge is 2.62. The predicted molar refractivity (Wildman–Crippen MR) is 77.1 cm³/mol. The monoisotopic (exact) mass is 293 g/mol. The van der Waals surface area contributed by atoms with E-state index in [9.17, 15) is 13.6 Å². The van der Waals surface area contributed by atoms with E-state index in [1.165, 1.54) is 6.92 Å². The summed E-state index contributed by atoms with van der Waals surface area (Å²) in [5.74, 6) is -3.37. The van der Waals surface area contributed by atoms with Crippen LogP contribution in [0, 0.1) is 12.3 Å². The number of fused-ring (bicyclic) bond motifs is 1. The van der Waals surface area contributed by atoms with Crippen molar-refractivity contribution in [2.75, 3.05) is 0 Å². The molecule has 3 rings (SSSR count). The lowest BCUT2D eigenvalue weighted by molar-refractivity contribution is -0.156. The minimum Gasteiger partial charge on any atom is -0.332 e. The van der Waals surface area contributed by atoms with Gasteiger partial charge in [0.05, 0.1) is 6.04 Å². The summed E-state index contributed by atoms with van der Waals surface area (Å²) >= 11 is 0. The second-order valence-corrected chi connectivity index (χ2v) is 6.80. The molecule has 2 aliphatic heterocycles. The van der Waals surface area contributed by atoms with Gasteiger partial charge in [-0.05, 0) is 38.7 Å². The summed E-state index contributed by atoms with van der Waals surface area (Å²) in [6, 6.07) is 7.93. The zero-order valence-corrected chi connectivity index (χ0v) is 12.7. The number of benzene rings is 1. The lowest BCUT2D eigenvalue weighted by Crippen LogP contribution is -2.44. The summed E-state index contributed by atoms with van der Waals surface area (Å²) in [6.45, 7) is 4.29. The molecule has 1 aromatic rings. The molecule has 0 aromatic heterocycles. The van der Waals surface area contributed by atoms with Crippen molar-refractivity contribution in [2.45, 2.75) is 58.0 Å². The number of hydrogen-bond donors (Lipinski definition) is 0. The highest BCUT2D eigenvalue weighted by atomic mass is 19.3. The standard InChI is InChI=1S/C17H21F2NO/c1-11-5-4-6-12(9-11)14-8-7-13-10-16(2,17(3,18)19)15(21)20(13)14/h4-6,9,13-14H,7-8,10H2,1-3H3/t13-,14+,16?/m0/s1. The lowest BCUT2D eigenvalue weighted by Gasteiger charge is -2.31. The molecule has 0 radical (unpaired) electrons. The van der Waals surface area contributed by atoms with Gasteiger partial charge in [-0.2, -0.15) is 0 Å². The van der Waals surface area contributed by atoms with Crippen LogP contribution in [-0.2, 0) is 4.79 Å². The lowest BCUT2D eigenvalue weighted by atomic mass is 9.80. The summed E-state index contributed by atoms with van der Waals surface area (Å²) < 4.78 is 27.8. The second-order valence-electron chi connectivity index (χ2n) is 6.80. The molecule has 2 saturated heterocycles. The van der Waals surface area contributed by atoms with Crippen LogP contribution in [-0.4, -0.2) is 22.8 Å². The van der Waals surface area contributed by atoms with Gasteiger partial charge in [0, 0.05) is 13.0 Å². The van der Waals surface area contributed by atoms with Crippen LogP contribution < -0.4 is 0 Å². The quantitative estimate of drug-likeness (QED) is 0.804. The van der Waals surface area contributed by atoms with Gasteiger partial charge in [-0.25, -0.2) is 8.78 Å². The third-order valence-electron chi connectivity index (χ3n) is 5.25. The number of aryl methyl sites for hydroxylation is 1. The highest BCUT2D eigenvalue weighted by Crippen LogP contribution is 2.54. The van der Waals surface area contributed by atoms with Gasteiger partial charge in [-0.15, -0.1) is 0 Å². The van der Waals surface area contributed by atoms with E-state index >= 15 is 0 Å². The Hall–Kier alpha value is -1.45. The Morgan fingerprint density at radius 2 is 2.05 bits per heavy atom. The van der Waals surface area contributed by atoms with Gasteiger partial charge in [0.2, 0.25) is 5.91 Å². The van der Waals surface area contributed by atoms with Crippen LogP contribution in [0.2, 0.25) is 0 Å². The third-order valence-corrected chi connectivity index (χ3v) is 5.25. The number of amides is 1. The molecule has 0 saturated carbocycles. The molecule has 2 heterocycles. The van der Waals surface area contributed by atoms with Gasteiger partial charge in [0.25, 0.3) is 5.92 Å².